The predicted molar refractivity (Wildman–Crippen MR) is 78.7 cm³/mol. The van der Waals surface area contributed by atoms with Gasteiger partial charge in [-0.1, -0.05) is 12.1 Å². The van der Waals surface area contributed by atoms with E-state index < -0.39 is 12.3 Å². The van der Waals surface area contributed by atoms with Gasteiger partial charge in [-0.05, 0) is 18.9 Å². The molecule has 1 aromatic carbocycles. The van der Waals surface area contributed by atoms with Crippen LogP contribution in [-0.2, 0) is 6.61 Å². The number of benzene rings is 1. The summed E-state index contributed by atoms with van der Waals surface area (Å²) < 4.78 is 34.9. The summed E-state index contributed by atoms with van der Waals surface area (Å²) >= 11 is 6.73. The summed E-state index contributed by atoms with van der Waals surface area (Å²) in [6.45, 7) is -0.207. The number of aromatic nitrogens is 2. The molecule has 0 saturated carbocycles. The predicted octanol–water partition coefficient (Wildman–Crippen LogP) is 3.13. The number of hydrogen-bond acceptors (Lipinski definition) is 4. The minimum atomic E-state index is -2.71. The van der Waals surface area contributed by atoms with Gasteiger partial charge in [-0.3, -0.25) is 9.14 Å². The van der Waals surface area contributed by atoms with Crippen molar-refractivity contribution in [3.05, 3.63) is 47.2 Å². The first-order chi connectivity index (χ1) is 10.0. The summed E-state index contributed by atoms with van der Waals surface area (Å²) in [7, 11) is 0. The second-order valence-corrected chi connectivity index (χ2v) is 4.77. The lowest BCUT2D eigenvalue weighted by Crippen LogP contribution is -2.17. The van der Waals surface area contributed by atoms with Gasteiger partial charge in [0.05, 0.1) is 0 Å². The maximum absolute atomic E-state index is 13.1. The second kappa shape index (κ2) is 6.90. The monoisotopic (exact) mass is 377 g/mol. The molecule has 1 heterocycles. The summed E-state index contributed by atoms with van der Waals surface area (Å²) in [6.07, 6.45) is -1.18. The van der Waals surface area contributed by atoms with Crippen LogP contribution >= 0.6 is 29.0 Å². The number of ether oxygens (including phenoxy) is 1. The minimum absolute atomic E-state index is 0.106. The van der Waals surface area contributed by atoms with E-state index in [0.29, 0.717) is 0 Å². The Morgan fingerprint density at radius 3 is 2.81 bits per heavy atom. The van der Waals surface area contributed by atoms with E-state index >= 15 is 0 Å². The molecule has 2 aromatic rings. The Labute approximate surface area is 133 Å². The van der Waals surface area contributed by atoms with Crippen molar-refractivity contribution in [3.8, 4) is 5.88 Å². The van der Waals surface area contributed by atoms with Crippen molar-refractivity contribution in [1.82, 2.24) is 13.5 Å². The number of rotatable bonds is 5. The quantitative estimate of drug-likeness (QED) is 0.621. The Kier molecular flexibility index (Phi) is 5.18. The van der Waals surface area contributed by atoms with Gasteiger partial charge in [0.25, 0.3) is 12.3 Å². The summed E-state index contributed by atoms with van der Waals surface area (Å²) in [5.74, 6) is -0.310. The van der Waals surface area contributed by atoms with E-state index in [2.05, 4.69) is 38.4 Å². The van der Waals surface area contributed by atoms with Crippen LogP contribution in [0.2, 0.25) is 0 Å². The van der Waals surface area contributed by atoms with E-state index in [9.17, 15) is 13.6 Å². The first kappa shape index (κ1) is 15.8. The number of nitrogens with zero attached hydrogens (tertiary/aromatic N) is 2. The Hall–Kier alpha value is -1.61. The molecular formula is C12H10BrF2N3O2S. The fourth-order valence-electron chi connectivity index (χ4n) is 1.76. The highest BCUT2D eigenvalue weighted by Crippen LogP contribution is 2.27. The molecule has 112 valence electrons. The van der Waals surface area contributed by atoms with Gasteiger partial charge in [-0.25, -0.2) is 12.9 Å². The van der Waals surface area contributed by atoms with E-state index in [1.807, 2.05) is 0 Å². The third kappa shape index (κ3) is 3.73. The van der Waals surface area contributed by atoms with E-state index in [1.165, 1.54) is 34.5 Å². The zero-order valence-corrected chi connectivity index (χ0v) is 12.9. The van der Waals surface area contributed by atoms with Crippen molar-refractivity contribution in [2.24, 2.45) is 0 Å². The van der Waals surface area contributed by atoms with E-state index in [4.69, 9.17) is 4.74 Å². The van der Waals surface area contributed by atoms with Crippen molar-refractivity contribution < 1.29 is 18.3 Å². The Morgan fingerprint density at radius 1 is 1.48 bits per heavy atom. The van der Waals surface area contributed by atoms with Crippen LogP contribution < -0.4 is 9.08 Å². The molecule has 21 heavy (non-hydrogen) atoms. The van der Waals surface area contributed by atoms with Crippen LogP contribution in [-0.4, -0.2) is 15.1 Å². The number of carbonyl (C=O) groups excluding carboxylic acids is 1. The number of halogens is 3. The van der Waals surface area contributed by atoms with Crippen LogP contribution in [0.15, 0.2) is 30.5 Å². The van der Waals surface area contributed by atoms with E-state index in [1.54, 1.807) is 0 Å². The highest BCUT2D eigenvalue weighted by molar-refractivity contribution is 9.08. The molecule has 0 radical (unpaired) electrons. The number of amides is 1. The third-order valence-corrected chi connectivity index (χ3v) is 3.28. The highest BCUT2D eigenvalue weighted by Gasteiger charge is 2.20. The fraction of sp³-hybridized carbons (Fsp3) is 0.167. The average molecular weight is 378 g/mol. The first-order valence-electron chi connectivity index (χ1n) is 5.71. The first-order valence-corrected chi connectivity index (χ1v) is 6.91. The standard InChI is InChI=1S/C12H10BrF2N3O2S/c13-16-12(19)8-3-1-2-7(11(14)15)9(8)6-20-10-4-5-18(21)17-10/h1-5,11,21H,6H2,(H,16,19). The summed E-state index contributed by atoms with van der Waals surface area (Å²) in [5, 5.41) is 3.86. The zero-order chi connectivity index (χ0) is 15.4. The van der Waals surface area contributed by atoms with E-state index in [0.717, 1.165) is 0 Å². The van der Waals surface area contributed by atoms with Crippen LogP contribution in [0.1, 0.15) is 27.9 Å². The number of alkyl halides is 2. The maximum Gasteiger partial charge on any atom is 0.264 e. The Balaban J connectivity index is 2.32. The van der Waals surface area contributed by atoms with Gasteiger partial charge in [0, 0.05) is 45.1 Å². The molecule has 0 saturated heterocycles. The molecule has 5 nitrogen and oxygen atoms in total. The van der Waals surface area contributed by atoms with E-state index in [-0.39, 0.29) is 29.2 Å². The minimum Gasteiger partial charge on any atom is -0.472 e. The maximum atomic E-state index is 13.1. The molecule has 2 rings (SSSR count). The molecule has 0 spiro atoms. The topological polar surface area (TPSA) is 56.1 Å². The second-order valence-electron chi connectivity index (χ2n) is 3.96. The smallest absolute Gasteiger partial charge is 0.264 e. The number of carbonyl (C=O) groups is 1. The van der Waals surface area contributed by atoms with Gasteiger partial charge in [-0.2, -0.15) is 0 Å². The van der Waals surface area contributed by atoms with Gasteiger partial charge in [-0.15, -0.1) is 5.10 Å². The van der Waals surface area contributed by atoms with Gasteiger partial charge in [0.15, 0.2) is 0 Å². The molecule has 1 amide bonds. The summed E-state index contributed by atoms with van der Waals surface area (Å²) in [5.41, 5.74) is -0.0398. The lowest BCUT2D eigenvalue weighted by molar-refractivity contribution is 0.0982. The van der Waals surface area contributed by atoms with Crippen molar-refractivity contribution >= 4 is 34.9 Å². The van der Waals surface area contributed by atoms with Crippen LogP contribution in [0, 0.1) is 0 Å². The van der Waals surface area contributed by atoms with Crippen molar-refractivity contribution in [1.29, 1.82) is 0 Å². The Bertz CT molecular complexity index is 651. The molecule has 1 aromatic heterocycles. The number of hydrogen-bond donors (Lipinski definition) is 2. The fourth-order valence-corrected chi connectivity index (χ4v) is 2.12. The molecular weight excluding hydrogens is 368 g/mol. The molecule has 0 aliphatic heterocycles. The zero-order valence-electron chi connectivity index (χ0n) is 10.5. The molecule has 0 aliphatic rings. The molecule has 0 atom stereocenters. The van der Waals surface area contributed by atoms with Gasteiger partial charge >= 0.3 is 0 Å². The molecule has 0 aliphatic carbocycles. The van der Waals surface area contributed by atoms with Gasteiger partial charge in [0.2, 0.25) is 5.88 Å². The van der Waals surface area contributed by atoms with Gasteiger partial charge in [0.1, 0.15) is 6.61 Å². The number of thiol groups is 1. The molecule has 0 bridgehead atoms. The molecule has 0 unspecified atom stereocenters. The molecule has 9 heteroatoms. The lowest BCUT2D eigenvalue weighted by atomic mass is 10.0. The van der Waals surface area contributed by atoms with Crippen molar-refractivity contribution in [2.45, 2.75) is 13.0 Å². The SMILES string of the molecule is O=C(NBr)c1cccc(C(F)F)c1COc1ccn(S)n1. The third-order valence-electron chi connectivity index (χ3n) is 2.69. The molecule has 0 fully saturated rings. The Morgan fingerprint density at radius 2 is 2.24 bits per heavy atom. The van der Waals surface area contributed by atoms with Crippen LogP contribution in [0.4, 0.5) is 8.78 Å². The normalized spacial score (nSPS) is 10.7. The summed E-state index contributed by atoms with van der Waals surface area (Å²) in [6, 6.07) is 5.62. The van der Waals surface area contributed by atoms with Crippen LogP contribution in [0.3, 0.4) is 0 Å². The van der Waals surface area contributed by atoms with Crippen LogP contribution in [0.25, 0.3) is 0 Å². The summed E-state index contributed by atoms with van der Waals surface area (Å²) in [4.78, 5) is 11.7. The molecule has 1 N–H and O–H groups in total. The van der Waals surface area contributed by atoms with Crippen molar-refractivity contribution in [3.63, 3.8) is 0 Å². The lowest BCUT2D eigenvalue weighted by Gasteiger charge is -2.13. The largest absolute Gasteiger partial charge is 0.472 e. The average Bonchev–Trinajstić information content (AvgIpc) is 2.89. The number of nitrogens with one attached hydrogen (secondary N) is 1. The highest BCUT2D eigenvalue weighted by atomic mass is 79.9. The van der Waals surface area contributed by atoms with Crippen LogP contribution in [0.5, 0.6) is 5.88 Å². The van der Waals surface area contributed by atoms with Crippen molar-refractivity contribution in [2.75, 3.05) is 0 Å². The van der Waals surface area contributed by atoms with Gasteiger partial charge < -0.3 is 4.74 Å².